The number of hydrogen-bond donors (Lipinski definition) is 0. The van der Waals surface area contributed by atoms with Gasteiger partial charge in [-0.1, -0.05) is 55.8 Å². The van der Waals surface area contributed by atoms with Crippen molar-refractivity contribution in [3.8, 4) is 0 Å². The van der Waals surface area contributed by atoms with Crippen molar-refractivity contribution in [1.29, 1.82) is 0 Å². The zero-order valence-corrected chi connectivity index (χ0v) is 12.7. The van der Waals surface area contributed by atoms with Crippen molar-refractivity contribution in [1.82, 2.24) is 0 Å². The Balaban J connectivity index is 2.50. The molecule has 0 bridgehead atoms. The molecule has 2 unspecified atom stereocenters. The van der Waals surface area contributed by atoms with Gasteiger partial charge in [0.05, 0.1) is 0 Å². The van der Waals surface area contributed by atoms with Gasteiger partial charge in [0.15, 0.2) is 0 Å². The predicted octanol–water partition coefficient (Wildman–Crippen LogP) is 5.20. The van der Waals surface area contributed by atoms with Crippen molar-refractivity contribution in [2.75, 3.05) is 0 Å². The molecule has 0 saturated carbocycles. The van der Waals surface area contributed by atoms with Gasteiger partial charge in [-0.2, -0.15) is 0 Å². The van der Waals surface area contributed by atoms with Gasteiger partial charge in [-0.15, -0.1) is 0 Å². The molecule has 0 aliphatic rings. The molecule has 0 saturated heterocycles. The molecule has 0 heterocycles. The third-order valence-electron chi connectivity index (χ3n) is 3.46. The van der Waals surface area contributed by atoms with Gasteiger partial charge in [0.1, 0.15) is 5.82 Å². The largest absolute Gasteiger partial charge is 0.207 e. The summed E-state index contributed by atoms with van der Waals surface area (Å²) in [5, 5.41) is 0. The van der Waals surface area contributed by atoms with Crippen LogP contribution in [0.1, 0.15) is 39.7 Å². The molecule has 17 heavy (non-hydrogen) atoms. The first-order chi connectivity index (χ1) is 7.79. The van der Waals surface area contributed by atoms with Crippen LogP contribution in [0.25, 0.3) is 0 Å². The number of halogens is 2. The molecule has 0 nitrogen and oxygen atoms in total. The maximum atomic E-state index is 12.8. The van der Waals surface area contributed by atoms with E-state index in [2.05, 4.69) is 43.6 Å². The van der Waals surface area contributed by atoms with E-state index in [0.717, 1.165) is 12.8 Å². The smallest absolute Gasteiger partial charge is 0.123 e. The minimum atomic E-state index is -0.164. The van der Waals surface area contributed by atoms with Crippen molar-refractivity contribution < 1.29 is 4.39 Å². The van der Waals surface area contributed by atoms with E-state index in [9.17, 15) is 4.39 Å². The van der Waals surface area contributed by atoms with E-state index in [4.69, 9.17) is 0 Å². The number of benzene rings is 1. The molecule has 1 aromatic carbocycles. The van der Waals surface area contributed by atoms with Gasteiger partial charge in [0, 0.05) is 4.83 Å². The monoisotopic (exact) mass is 300 g/mol. The minimum absolute atomic E-state index is 0.164. The summed E-state index contributed by atoms with van der Waals surface area (Å²) in [5.41, 5.74) is 1.53. The highest BCUT2D eigenvalue weighted by Gasteiger charge is 2.22. The van der Waals surface area contributed by atoms with Crippen LogP contribution in [0.5, 0.6) is 0 Å². The summed E-state index contributed by atoms with van der Waals surface area (Å²) in [6.07, 6.45) is 2.10. The normalized spacial score (nSPS) is 15.6. The van der Waals surface area contributed by atoms with Gasteiger partial charge in [-0.25, -0.2) is 4.39 Å². The Kier molecular flexibility index (Phi) is 5.18. The maximum Gasteiger partial charge on any atom is 0.123 e. The van der Waals surface area contributed by atoms with E-state index in [0.29, 0.717) is 16.2 Å². The Morgan fingerprint density at radius 2 is 1.71 bits per heavy atom. The Hall–Kier alpha value is -0.370. The summed E-state index contributed by atoms with van der Waals surface area (Å²) in [5.74, 6) is 0.496. The topological polar surface area (TPSA) is 0 Å². The first-order valence-electron chi connectivity index (χ1n) is 6.17. The van der Waals surface area contributed by atoms with Crippen LogP contribution in [0.2, 0.25) is 0 Å². The zero-order chi connectivity index (χ0) is 13.1. The SMILES string of the molecule is CC(CC(Br)Cc1ccc(F)cc1)C(C)(C)C. The Morgan fingerprint density at radius 1 is 1.18 bits per heavy atom. The highest BCUT2D eigenvalue weighted by Crippen LogP contribution is 2.31. The molecule has 0 aromatic heterocycles. The van der Waals surface area contributed by atoms with Crippen LogP contribution >= 0.6 is 15.9 Å². The molecule has 0 spiro atoms. The van der Waals surface area contributed by atoms with Gasteiger partial charge in [0.2, 0.25) is 0 Å². The van der Waals surface area contributed by atoms with Crippen LogP contribution in [-0.2, 0) is 6.42 Å². The molecule has 2 heteroatoms. The van der Waals surface area contributed by atoms with Crippen molar-refractivity contribution in [2.24, 2.45) is 11.3 Å². The number of hydrogen-bond acceptors (Lipinski definition) is 0. The van der Waals surface area contributed by atoms with E-state index in [1.165, 1.54) is 17.7 Å². The van der Waals surface area contributed by atoms with Crippen LogP contribution in [0.15, 0.2) is 24.3 Å². The lowest BCUT2D eigenvalue weighted by molar-refractivity contribution is 0.246. The van der Waals surface area contributed by atoms with Crippen LogP contribution < -0.4 is 0 Å². The third kappa shape index (κ3) is 5.20. The van der Waals surface area contributed by atoms with Gasteiger partial charge < -0.3 is 0 Å². The van der Waals surface area contributed by atoms with E-state index in [1.54, 1.807) is 0 Å². The molecule has 1 aromatic rings. The Morgan fingerprint density at radius 3 is 2.18 bits per heavy atom. The fourth-order valence-corrected chi connectivity index (χ4v) is 2.63. The molecule has 0 N–H and O–H groups in total. The molecule has 0 amide bonds. The highest BCUT2D eigenvalue weighted by atomic mass is 79.9. The summed E-state index contributed by atoms with van der Waals surface area (Å²) in [7, 11) is 0. The number of rotatable bonds is 4. The highest BCUT2D eigenvalue weighted by molar-refractivity contribution is 9.09. The van der Waals surface area contributed by atoms with Gasteiger partial charge in [-0.05, 0) is 41.9 Å². The molecule has 0 radical (unpaired) electrons. The maximum absolute atomic E-state index is 12.8. The van der Waals surface area contributed by atoms with Gasteiger partial charge in [-0.3, -0.25) is 0 Å². The number of alkyl halides is 1. The average molecular weight is 301 g/mol. The molecular weight excluding hydrogens is 279 g/mol. The zero-order valence-electron chi connectivity index (χ0n) is 11.1. The van der Waals surface area contributed by atoms with Crippen molar-refractivity contribution >= 4 is 15.9 Å². The molecule has 1 rings (SSSR count). The molecule has 0 aliphatic carbocycles. The van der Waals surface area contributed by atoms with Crippen LogP contribution in [0, 0.1) is 17.2 Å². The van der Waals surface area contributed by atoms with E-state index in [1.807, 2.05) is 12.1 Å². The van der Waals surface area contributed by atoms with Gasteiger partial charge >= 0.3 is 0 Å². The summed E-state index contributed by atoms with van der Waals surface area (Å²) in [6, 6.07) is 6.79. The molecule has 0 fully saturated rings. The summed E-state index contributed by atoms with van der Waals surface area (Å²) >= 11 is 3.73. The molecule has 96 valence electrons. The fraction of sp³-hybridized carbons (Fsp3) is 0.600. The lowest BCUT2D eigenvalue weighted by atomic mass is 9.79. The first-order valence-corrected chi connectivity index (χ1v) is 7.09. The second-order valence-corrected chi connectivity index (χ2v) is 7.23. The van der Waals surface area contributed by atoms with E-state index >= 15 is 0 Å². The summed E-state index contributed by atoms with van der Waals surface area (Å²) < 4.78 is 12.8. The molecule has 2 atom stereocenters. The van der Waals surface area contributed by atoms with Crippen molar-refractivity contribution in [3.05, 3.63) is 35.6 Å². The summed E-state index contributed by atoms with van der Waals surface area (Å²) in [4.78, 5) is 0.460. The standard InChI is InChI=1S/C15H22BrF/c1-11(15(2,3)4)9-13(16)10-12-5-7-14(17)8-6-12/h5-8,11,13H,9-10H2,1-4H3. The molecule has 0 aliphatic heterocycles. The predicted molar refractivity (Wildman–Crippen MR) is 76.1 cm³/mol. The van der Waals surface area contributed by atoms with Crippen LogP contribution in [0.4, 0.5) is 4.39 Å². The Bertz CT molecular complexity index is 337. The van der Waals surface area contributed by atoms with E-state index < -0.39 is 0 Å². The second kappa shape index (κ2) is 5.99. The minimum Gasteiger partial charge on any atom is -0.207 e. The fourth-order valence-electron chi connectivity index (χ4n) is 1.70. The first kappa shape index (κ1) is 14.7. The van der Waals surface area contributed by atoms with Crippen LogP contribution in [0.3, 0.4) is 0 Å². The quantitative estimate of drug-likeness (QED) is 0.670. The lowest BCUT2D eigenvalue weighted by Gasteiger charge is -2.29. The van der Waals surface area contributed by atoms with Crippen molar-refractivity contribution in [3.63, 3.8) is 0 Å². The molecular formula is C15H22BrF. The lowest BCUT2D eigenvalue weighted by Crippen LogP contribution is -2.21. The Labute approximate surface area is 113 Å². The summed E-state index contributed by atoms with van der Waals surface area (Å²) in [6.45, 7) is 9.11. The van der Waals surface area contributed by atoms with Crippen molar-refractivity contribution in [2.45, 2.75) is 45.4 Å². The van der Waals surface area contributed by atoms with Gasteiger partial charge in [0.25, 0.3) is 0 Å². The van der Waals surface area contributed by atoms with E-state index in [-0.39, 0.29) is 5.82 Å². The third-order valence-corrected chi connectivity index (χ3v) is 4.16. The average Bonchev–Trinajstić information content (AvgIpc) is 2.20. The second-order valence-electron chi connectivity index (χ2n) is 5.93. The van der Waals surface area contributed by atoms with Crippen LogP contribution in [-0.4, -0.2) is 4.83 Å².